The molecular formula is C19H26N2O2S. The molecule has 1 aromatic heterocycles. The van der Waals surface area contributed by atoms with E-state index in [-0.39, 0.29) is 6.04 Å². The number of sulfonamides is 1. The maximum absolute atomic E-state index is 12.6. The molecule has 0 amide bonds. The molecule has 0 aliphatic heterocycles. The zero-order chi connectivity index (χ0) is 17.0. The first kappa shape index (κ1) is 17.4. The van der Waals surface area contributed by atoms with Gasteiger partial charge in [0.15, 0.2) is 0 Å². The molecule has 2 aromatic rings. The van der Waals surface area contributed by atoms with Crippen LogP contribution < -0.4 is 4.72 Å². The zero-order valence-electron chi connectivity index (χ0n) is 14.3. The van der Waals surface area contributed by atoms with E-state index in [1.165, 1.54) is 6.42 Å². The van der Waals surface area contributed by atoms with E-state index in [1.54, 1.807) is 12.1 Å². The number of benzene rings is 1. The molecular weight excluding hydrogens is 320 g/mol. The monoisotopic (exact) mass is 346 g/mol. The average Bonchev–Trinajstić information content (AvgIpc) is 2.60. The van der Waals surface area contributed by atoms with Crippen LogP contribution in [0.4, 0.5) is 0 Å². The largest absolute Gasteiger partial charge is 0.253 e. The highest BCUT2D eigenvalue weighted by molar-refractivity contribution is 7.89. The molecule has 0 saturated heterocycles. The van der Waals surface area contributed by atoms with Crippen LogP contribution in [0.3, 0.4) is 0 Å². The Kier molecular flexibility index (Phi) is 5.51. The molecule has 3 rings (SSSR count). The number of hydrogen-bond donors (Lipinski definition) is 1. The second-order valence-electron chi connectivity index (χ2n) is 6.72. The fraction of sp³-hybridized carbons (Fsp3) is 0.526. The van der Waals surface area contributed by atoms with Gasteiger partial charge in [0.2, 0.25) is 10.0 Å². The highest BCUT2D eigenvalue weighted by Crippen LogP contribution is 2.22. The number of rotatable bonds is 6. The Morgan fingerprint density at radius 3 is 2.67 bits per heavy atom. The van der Waals surface area contributed by atoms with Gasteiger partial charge in [-0.15, -0.1) is 0 Å². The lowest BCUT2D eigenvalue weighted by Gasteiger charge is -2.22. The summed E-state index contributed by atoms with van der Waals surface area (Å²) in [5, 5.41) is 0.877. The van der Waals surface area contributed by atoms with Crippen molar-refractivity contribution in [2.75, 3.05) is 0 Å². The Balaban J connectivity index is 1.81. The predicted octanol–water partition coefficient (Wildman–Crippen LogP) is 4.19. The number of nitrogens with one attached hydrogen (secondary N) is 1. The van der Waals surface area contributed by atoms with Gasteiger partial charge in [0, 0.05) is 17.1 Å². The van der Waals surface area contributed by atoms with Crippen molar-refractivity contribution in [2.24, 2.45) is 0 Å². The molecule has 0 atom stereocenters. The van der Waals surface area contributed by atoms with Crippen LogP contribution in [-0.4, -0.2) is 19.4 Å². The van der Waals surface area contributed by atoms with Gasteiger partial charge in [-0.1, -0.05) is 38.7 Å². The standard InChI is InChI=1S/C19H26N2O2S/c1-2-3-7-16-11-10-15-14-18(12-13-19(15)20-16)24(22,23)21-17-8-5-4-6-9-17/h10-14,17,21H,2-9H2,1H3. The van der Waals surface area contributed by atoms with Gasteiger partial charge in [-0.3, -0.25) is 4.98 Å². The van der Waals surface area contributed by atoms with Gasteiger partial charge >= 0.3 is 0 Å². The molecule has 0 radical (unpaired) electrons. The van der Waals surface area contributed by atoms with Crippen LogP contribution in [0.5, 0.6) is 0 Å². The van der Waals surface area contributed by atoms with Crippen molar-refractivity contribution < 1.29 is 8.42 Å². The Morgan fingerprint density at radius 2 is 1.92 bits per heavy atom. The van der Waals surface area contributed by atoms with Gasteiger partial charge in [0.1, 0.15) is 0 Å². The lowest BCUT2D eigenvalue weighted by molar-refractivity contribution is 0.412. The summed E-state index contributed by atoms with van der Waals surface area (Å²) < 4.78 is 28.1. The Hall–Kier alpha value is -1.46. The number of fused-ring (bicyclic) bond motifs is 1. The van der Waals surface area contributed by atoms with Gasteiger partial charge in [0.05, 0.1) is 10.4 Å². The Labute approximate surface area is 144 Å². The first-order valence-corrected chi connectivity index (χ1v) is 10.5. The molecule has 130 valence electrons. The number of aromatic nitrogens is 1. The van der Waals surface area contributed by atoms with E-state index < -0.39 is 10.0 Å². The van der Waals surface area contributed by atoms with Crippen molar-refractivity contribution >= 4 is 20.9 Å². The fourth-order valence-corrected chi connectivity index (χ4v) is 4.66. The number of aryl methyl sites for hydroxylation is 1. The average molecular weight is 346 g/mol. The molecule has 5 heteroatoms. The highest BCUT2D eigenvalue weighted by atomic mass is 32.2. The van der Waals surface area contributed by atoms with E-state index in [1.807, 2.05) is 18.2 Å². The smallest absolute Gasteiger partial charge is 0.240 e. The van der Waals surface area contributed by atoms with Crippen molar-refractivity contribution in [1.82, 2.24) is 9.71 Å². The summed E-state index contributed by atoms with van der Waals surface area (Å²) in [5.41, 5.74) is 1.93. The normalized spacial score (nSPS) is 16.5. The van der Waals surface area contributed by atoms with Crippen molar-refractivity contribution in [1.29, 1.82) is 0 Å². The molecule has 1 aromatic carbocycles. The van der Waals surface area contributed by atoms with E-state index in [4.69, 9.17) is 0 Å². The summed E-state index contributed by atoms with van der Waals surface area (Å²) in [6, 6.07) is 9.28. The minimum Gasteiger partial charge on any atom is -0.253 e. The first-order valence-electron chi connectivity index (χ1n) is 9.00. The topological polar surface area (TPSA) is 59.1 Å². The number of nitrogens with zero attached hydrogens (tertiary/aromatic N) is 1. The van der Waals surface area contributed by atoms with Crippen LogP contribution in [0, 0.1) is 0 Å². The van der Waals surface area contributed by atoms with Gasteiger partial charge < -0.3 is 0 Å². The third kappa shape index (κ3) is 4.14. The van der Waals surface area contributed by atoms with Gasteiger partial charge in [-0.05, 0) is 49.9 Å². The zero-order valence-corrected chi connectivity index (χ0v) is 15.1. The second-order valence-corrected chi connectivity index (χ2v) is 8.43. The SMILES string of the molecule is CCCCc1ccc2cc(S(=O)(=O)NC3CCCCC3)ccc2n1. The Morgan fingerprint density at radius 1 is 1.12 bits per heavy atom. The third-order valence-corrected chi connectivity index (χ3v) is 6.26. The summed E-state index contributed by atoms with van der Waals surface area (Å²) in [7, 11) is -3.45. The maximum Gasteiger partial charge on any atom is 0.240 e. The predicted molar refractivity (Wildman–Crippen MR) is 97.5 cm³/mol. The van der Waals surface area contributed by atoms with Crippen LogP contribution >= 0.6 is 0 Å². The first-order chi connectivity index (χ1) is 11.6. The van der Waals surface area contributed by atoms with E-state index >= 15 is 0 Å². The molecule has 0 bridgehead atoms. The summed E-state index contributed by atoms with van der Waals surface area (Å²) in [5.74, 6) is 0. The van der Waals surface area contributed by atoms with E-state index in [0.29, 0.717) is 4.90 Å². The number of hydrogen-bond acceptors (Lipinski definition) is 3. The number of pyridine rings is 1. The van der Waals surface area contributed by atoms with Gasteiger partial charge in [-0.25, -0.2) is 13.1 Å². The van der Waals surface area contributed by atoms with Crippen LogP contribution in [-0.2, 0) is 16.4 Å². The minimum atomic E-state index is -3.45. The highest BCUT2D eigenvalue weighted by Gasteiger charge is 2.22. The van der Waals surface area contributed by atoms with Crippen molar-refractivity contribution in [3.8, 4) is 0 Å². The molecule has 1 heterocycles. The van der Waals surface area contributed by atoms with E-state index in [9.17, 15) is 8.42 Å². The minimum absolute atomic E-state index is 0.0778. The molecule has 4 nitrogen and oxygen atoms in total. The summed E-state index contributed by atoms with van der Waals surface area (Å²) in [6.45, 7) is 2.16. The second kappa shape index (κ2) is 7.62. The van der Waals surface area contributed by atoms with Gasteiger partial charge in [0.25, 0.3) is 0 Å². The summed E-state index contributed by atoms with van der Waals surface area (Å²) >= 11 is 0. The number of unbranched alkanes of at least 4 members (excludes halogenated alkanes) is 1. The van der Waals surface area contributed by atoms with Crippen molar-refractivity contribution in [3.05, 3.63) is 36.0 Å². The summed E-state index contributed by atoms with van der Waals surface area (Å²) in [4.78, 5) is 4.97. The molecule has 1 aliphatic carbocycles. The molecule has 1 fully saturated rings. The van der Waals surface area contributed by atoms with Crippen LogP contribution in [0.15, 0.2) is 35.2 Å². The molecule has 0 spiro atoms. The Bertz CT molecular complexity index is 796. The molecule has 1 aliphatic rings. The van der Waals surface area contributed by atoms with Crippen molar-refractivity contribution in [2.45, 2.75) is 69.2 Å². The van der Waals surface area contributed by atoms with E-state index in [0.717, 1.165) is 61.5 Å². The quantitative estimate of drug-likeness (QED) is 0.853. The lowest BCUT2D eigenvalue weighted by Crippen LogP contribution is -2.36. The summed E-state index contributed by atoms with van der Waals surface area (Å²) in [6.07, 6.45) is 8.53. The fourth-order valence-electron chi connectivity index (χ4n) is 3.32. The molecule has 1 saturated carbocycles. The van der Waals surface area contributed by atoms with Crippen molar-refractivity contribution in [3.63, 3.8) is 0 Å². The lowest BCUT2D eigenvalue weighted by atomic mass is 9.96. The van der Waals surface area contributed by atoms with Crippen LogP contribution in [0.25, 0.3) is 10.9 Å². The van der Waals surface area contributed by atoms with Crippen LogP contribution in [0.2, 0.25) is 0 Å². The van der Waals surface area contributed by atoms with Crippen LogP contribution in [0.1, 0.15) is 57.6 Å². The molecule has 1 N–H and O–H groups in total. The van der Waals surface area contributed by atoms with E-state index in [2.05, 4.69) is 16.6 Å². The van der Waals surface area contributed by atoms with Gasteiger partial charge in [-0.2, -0.15) is 0 Å². The molecule has 24 heavy (non-hydrogen) atoms. The third-order valence-electron chi connectivity index (χ3n) is 4.74. The molecule has 0 unspecified atom stereocenters. The maximum atomic E-state index is 12.6.